The maximum absolute atomic E-state index is 13.1. The van der Waals surface area contributed by atoms with Crippen molar-refractivity contribution in [3.8, 4) is 0 Å². The van der Waals surface area contributed by atoms with Gasteiger partial charge in [-0.2, -0.15) is 0 Å². The minimum absolute atomic E-state index is 0.115. The lowest BCUT2D eigenvalue weighted by Crippen LogP contribution is -2.47. The van der Waals surface area contributed by atoms with Crippen molar-refractivity contribution in [3.05, 3.63) is 56.4 Å². The van der Waals surface area contributed by atoms with Gasteiger partial charge in [0.15, 0.2) is 0 Å². The van der Waals surface area contributed by atoms with Crippen molar-refractivity contribution < 1.29 is 14.0 Å². The topological polar surface area (TPSA) is 49.4 Å². The van der Waals surface area contributed by atoms with Crippen molar-refractivity contribution >= 4 is 39.1 Å². The van der Waals surface area contributed by atoms with E-state index in [0.29, 0.717) is 11.4 Å². The molecule has 4 nitrogen and oxygen atoms in total. The van der Waals surface area contributed by atoms with E-state index in [2.05, 4.69) is 21.2 Å². The van der Waals surface area contributed by atoms with Crippen molar-refractivity contribution in [2.75, 3.05) is 0 Å². The van der Waals surface area contributed by atoms with Gasteiger partial charge in [-0.25, -0.2) is 4.39 Å². The molecule has 1 saturated carbocycles. The third-order valence-electron chi connectivity index (χ3n) is 4.05. The molecule has 1 unspecified atom stereocenters. The average Bonchev–Trinajstić information content (AvgIpc) is 3.33. The third-order valence-corrected chi connectivity index (χ3v) is 5.67. The molecule has 0 spiro atoms. The lowest BCUT2D eigenvalue weighted by molar-refractivity contribution is -0.134. The van der Waals surface area contributed by atoms with Crippen LogP contribution in [0, 0.1) is 5.82 Å². The molecule has 0 saturated heterocycles. The normalized spacial score (nSPS) is 14.8. The summed E-state index contributed by atoms with van der Waals surface area (Å²) in [5.41, 5.74) is 0.877. The average molecular weight is 425 g/mol. The van der Waals surface area contributed by atoms with Crippen molar-refractivity contribution in [1.29, 1.82) is 0 Å². The maximum Gasteiger partial charge on any atom is 0.262 e. The summed E-state index contributed by atoms with van der Waals surface area (Å²) in [6, 6.07) is 9.27. The maximum atomic E-state index is 13.1. The van der Waals surface area contributed by atoms with E-state index in [1.54, 1.807) is 36.1 Å². The Bertz CT molecular complexity index is 774. The second-order valence-corrected chi connectivity index (χ2v) is 8.59. The Balaban J connectivity index is 1.65. The van der Waals surface area contributed by atoms with E-state index >= 15 is 0 Å². The Hall–Kier alpha value is -1.73. The number of nitrogens with zero attached hydrogens (tertiary/aromatic N) is 1. The molecule has 1 fully saturated rings. The number of benzene rings is 1. The van der Waals surface area contributed by atoms with Crippen LogP contribution in [0.5, 0.6) is 0 Å². The minimum atomic E-state index is -0.616. The minimum Gasteiger partial charge on any atom is -0.340 e. The monoisotopic (exact) mass is 424 g/mol. The van der Waals surface area contributed by atoms with Crippen LogP contribution in [0.3, 0.4) is 0 Å². The second-order valence-electron chi connectivity index (χ2n) is 6.12. The molecule has 0 aliphatic heterocycles. The predicted octanol–water partition coefficient (Wildman–Crippen LogP) is 3.96. The zero-order valence-electron chi connectivity index (χ0n) is 13.7. The molecule has 2 aromatic rings. The lowest BCUT2D eigenvalue weighted by atomic mass is 10.2. The highest BCUT2D eigenvalue weighted by molar-refractivity contribution is 9.11. The fourth-order valence-electron chi connectivity index (χ4n) is 2.57. The van der Waals surface area contributed by atoms with E-state index in [9.17, 15) is 14.0 Å². The molecule has 1 atom stereocenters. The van der Waals surface area contributed by atoms with E-state index in [4.69, 9.17) is 0 Å². The van der Waals surface area contributed by atoms with Crippen LogP contribution in [0.2, 0.25) is 0 Å². The van der Waals surface area contributed by atoms with E-state index in [0.717, 1.165) is 22.2 Å². The summed E-state index contributed by atoms with van der Waals surface area (Å²) in [6.45, 7) is 2.12. The van der Waals surface area contributed by atoms with E-state index in [-0.39, 0.29) is 23.7 Å². The highest BCUT2D eigenvalue weighted by atomic mass is 79.9. The molecule has 1 heterocycles. The quantitative estimate of drug-likeness (QED) is 0.762. The number of hydrogen-bond acceptors (Lipinski definition) is 3. The first-order valence-corrected chi connectivity index (χ1v) is 9.66. The number of hydrogen-bond donors (Lipinski definition) is 1. The first-order valence-electron chi connectivity index (χ1n) is 8.05. The van der Waals surface area contributed by atoms with Gasteiger partial charge >= 0.3 is 0 Å². The molecule has 7 heteroatoms. The van der Waals surface area contributed by atoms with E-state index in [1.807, 2.05) is 0 Å². The fourth-order valence-corrected chi connectivity index (χ4v) is 3.86. The van der Waals surface area contributed by atoms with E-state index in [1.165, 1.54) is 23.5 Å². The van der Waals surface area contributed by atoms with Crippen LogP contribution in [0.4, 0.5) is 4.39 Å². The van der Waals surface area contributed by atoms with E-state index < -0.39 is 6.04 Å². The summed E-state index contributed by atoms with van der Waals surface area (Å²) < 4.78 is 13.9. The summed E-state index contributed by atoms with van der Waals surface area (Å²) >= 11 is 4.65. The van der Waals surface area contributed by atoms with Crippen LogP contribution in [0.25, 0.3) is 0 Å². The summed E-state index contributed by atoms with van der Waals surface area (Å²) in [7, 11) is 0. The largest absolute Gasteiger partial charge is 0.340 e. The van der Waals surface area contributed by atoms with Crippen LogP contribution in [0.15, 0.2) is 40.2 Å². The third kappa shape index (κ3) is 4.67. The number of thiophene rings is 1. The first kappa shape index (κ1) is 18.1. The highest BCUT2D eigenvalue weighted by Crippen LogP contribution is 2.29. The second kappa shape index (κ2) is 7.66. The molecule has 25 heavy (non-hydrogen) atoms. The van der Waals surface area contributed by atoms with Gasteiger partial charge in [-0.3, -0.25) is 9.59 Å². The number of carbonyl (C=O) groups is 2. The summed E-state index contributed by atoms with van der Waals surface area (Å²) in [5.74, 6) is -0.666. The molecule has 3 rings (SSSR count). The molecule has 132 valence electrons. The molecule has 0 bridgehead atoms. The summed E-state index contributed by atoms with van der Waals surface area (Å²) in [4.78, 5) is 27.4. The summed E-state index contributed by atoms with van der Waals surface area (Å²) in [5, 5.41) is 2.77. The molecule has 1 aromatic heterocycles. The molecular formula is C18H18BrFN2O2S. The van der Waals surface area contributed by atoms with Gasteiger partial charge in [-0.1, -0.05) is 12.1 Å². The van der Waals surface area contributed by atoms with Gasteiger partial charge < -0.3 is 10.2 Å². The Morgan fingerprint density at radius 3 is 2.52 bits per heavy atom. The Morgan fingerprint density at radius 1 is 1.28 bits per heavy atom. The first-order chi connectivity index (χ1) is 11.9. The number of nitrogens with one attached hydrogen (secondary N) is 1. The highest BCUT2D eigenvalue weighted by Gasteiger charge is 2.35. The number of carbonyl (C=O) groups excluding carboxylic acids is 2. The van der Waals surface area contributed by atoms with Gasteiger partial charge in [0.05, 0.1) is 8.66 Å². The molecule has 1 aliphatic carbocycles. The summed E-state index contributed by atoms with van der Waals surface area (Å²) in [6.07, 6.45) is 1.93. The lowest BCUT2D eigenvalue weighted by Gasteiger charge is -2.26. The molecule has 1 aliphatic rings. The molecule has 1 N–H and O–H groups in total. The standard InChI is InChI=1S/C18H18BrFN2O2S/c1-11(21-17(23)15-8-9-16(19)25-15)18(24)22(14-6-7-14)10-12-2-4-13(20)5-3-12/h2-5,8-9,11,14H,6-7,10H2,1H3,(H,21,23). The van der Waals surface area contributed by atoms with Crippen molar-refractivity contribution in [2.45, 2.75) is 38.4 Å². The van der Waals surface area contributed by atoms with Gasteiger partial charge in [0, 0.05) is 12.6 Å². The van der Waals surface area contributed by atoms with Crippen molar-refractivity contribution in [3.63, 3.8) is 0 Å². The van der Waals surface area contributed by atoms with Crippen LogP contribution < -0.4 is 5.32 Å². The Kier molecular flexibility index (Phi) is 5.54. The van der Waals surface area contributed by atoms with Crippen LogP contribution in [-0.4, -0.2) is 28.8 Å². The molecule has 1 aromatic carbocycles. The van der Waals surface area contributed by atoms with Crippen LogP contribution in [-0.2, 0) is 11.3 Å². The fraction of sp³-hybridized carbons (Fsp3) is 0.333. The number of rotatable bonds is 6. The van der Waals surface area contributed by atoms with Gasteiger partial charge in [-0.05, 0) is 65.5 Å². The molecular weight excluding hydrogens is 407 g/mol. The predicted molar refractivity (Wildman–Crippen MR) is 98.9 cm³/mol. The number of halogens is 2. The van der Waals surface area contributed by atoms with Crippen LogP contribution in [0.1, 0.15) is 35.0 Å². The zero-order valence-corrected chi connectivity index (χ0v) is 16.1. The van der Waals surface area contributed by atoms with Gasteiger partial charge in [-0.15, -0.1) is 11.3 Å². The van der Waals surface area contributed by atoms with Gasteiger partial charge in [0.1, 0.15) is 11.9 Å². The van der Waals surface area contributed by atoms with Crippen LogP contribution >= 0.6 is 27.3 Å². The zero-order chi connectivity index (χ0) is 18.0. The SMILES string of the molecule is CC(NC(=O)c1ccc(Br)s1)C(=O)N(Cc1ccc(F)cc1)C1CC1. The molecule has 2 amide bonds. The number of amides is 2. The van der Waals surface area contributed by atoms with Gasteiger partial charge in [0.2, 0.25) is 5.91 Å². The molecule has 0 radical (unpaired) electrons. The van der Waals surface area contributed by atoms with Crippen molar-refractivity contribution in [2.24, 2.45) is 0 Å². The smallest absolute Gasteiger partial charge is 0.262 e. The Labute approximate surface area is 158 Å². The Morgan fingerprint density at radius 2 is 1.96 bits per heavy atom. The van der Waals surface area contributed by atoms with Crippen molar-refractivity contribution in [1.82, 2.24) is 10.2 Å². The van der Waals surface area contributed by atoms with Gasteiger partial charge in [0.25, 0.3) is 5.91 Å².